The van der Waals surface area contributed by atoms with Gasteiger partial charge >= 0.3 is 5.97 Å². The Hall–Kier alpha value is -1.46. The zero-order valence-corrected chi connectivity index (χ0v) is 8.39. The summed E-state index contributed by atoms with van der Waals surface area (Å²) >= 11 is 0. The van der Waals surface area contributed by atoms with Crippen molar-refractivity contribution in [3.8, 4) is 0 Å². The highest BCUT2D eigenvalue weighted by atomic mass is 19.1. The molecule has 4 nitrogen and oxygen atoms in total. The third-order valence-corrected chi connectivity index (χ3v) is 2.55. The molecule has 0 fully saturated rings. The van der Waals surface area contributed by atoms with Gasteiger partial charge in [-0.1, -0.05) is 6.07 Å². The molecule has 2 atom stereocenters. The zero-order valence-electron chi connectivity index (χ0n) is 8.39. The van der Waals surface area contributed by atoms with Gasteiger partial charge in [-0.2, -0.15) is 0 Å². The number of carbonyl (C=O) groups is 1. The van der Waals surface area contributed by atoms with Gasteiger partial charge in [0, 0.05) is 5.56 Å². The Morgan fingerprint density at radius 3 is 2.94 bits per heavy atom. The molecule has 0 saturated heterocycles. The normalized spacial score (nSPS) is 17.8. The Labute approximate surface area is 91.3 Å². The number of fused-ring (bicyclic) bond motifs is 1. The molecular weight excluding hydrogens is 215 g/mol. The van der Waals surface area contributed by atoms with Crippen LogP contribution in [-0.2, 0) is 11.3 Å². The van der Waals surface area contributed by atoms with Crippen molar-refractivity contribution in [2.24, 2.45) is 0 Å². The molecule has 1 heterocycles. The molecule has 0 radical (unpaired) electrons. The number of ether oxygens (including phenoxy) is 1. The number of carbonyl (C=O) groups excluding carboxylic acids is 1. The number of cyclic esters (lactones) is 1. The fraction of sp³-hybridized carbons (Fsp3) is 0.364. The highest BCUT2D eigenvalue weighted by molar-refractivity contribution is 5.93. The van der Waals surface area contributed by atoms with E-state index in [1.807, 2.05) is 0 Å². The van der Waals surface area contributed by atoms with E-state index in [0.29, 0.717) is 11.1 Å². The second-order valence-corrected chi connectivity index (χ2v) is 3.64. The van der Waals surface area contributed by atoms with Gasteiger partial charge in [0.2, 0.25) is 0 Å². The monoisotopic (exact) mass is 226 g/mol. The topological polar surface area (TPSA) is 66.8 Å². The number of rotatable bonds is 3. The minimum absolute atomic E-state index is 0.129. The lowest BCUT2D eigenvalue weighted by Gasteiger charge is -2.13. The summed E-state index contributed by atoms with van der Waals surface area (Å²) in [5, 5.41) is 17.8. The Morgan fingerprint density at radius 1 is 1.50 bits per heavy atom. The molecule has 1 aromatic rings. The maximum absolute atomic E-state index is 13.6. The quantitative estimate of drug-likeness (QED) is 0.745. The van der Waals surface area contributed by atoms with Gasteiger partial charge in [0.15, 0.2) is 6.17 Å². The van der Waals surface area contributed by atoms with Crippen LogP contribution in [0.5, 0.6) is 0 Å². The third kappa shape index (κ3) is 1.79. The summed E-state index contributed by atoms with van der Waals surface area (Å²) in [5.74, 6) is -0.417. The van der Waals surface area contributed by atoms with Gasteiger partial charge in [0.05, 0.1) is 12.2 Å². The molecule has 0 unspecified atom stereocenters. The number of esters is 1. The van der Waals surface area contributed by atoms with E-state index in [9.17, 15) is 9.18 Å². The highest BCUT2D eigenvalue weighted by Gasteiger charge is 2.25. The van der Waals surface area contributed by atoms with E-state index in [1.165, 1.54) is 18.2 Å². The van der Waals surface area contributed by atoms with Gasteiger partial charge in [0.1, 0.15) is 12.7 Å². The first-order valence-electron chi connectivity index (χ1n) is 4.86. The molecule has 1 aromatic carbocycles. The number of hydrogen-bond donors (Lipinski definition) is 2. The molecule has 1 aliphatic heterocycles. The van der Waals surface area contributed by atoms with Gasteiger partial charge in [-0.25, -0.2) is 9.18 Å². The van der Waals surface area contributed by atoms with Crippen LogP contribution in [0.4, 0.5) is 4.39 Å². The van der Waals surface area contributed by atoms with Crippen molar-refractivity contribution >= 4 is 5.97 Å². The van der Waals surface area contributed by atoms with E-state index in [0.717, 1.165) is 0 Å². The molecule has 1 aliphatic rings. The number of alkyl halides is 1. The van der Waals surface area contributed by atoms with E-state index in [1.54, 1.807) is 0 Å². The molecule has 2 rings (SSSR count). The summed E-state index contributed by atoms with van der Waals surface area (Å²) in [4.78, 5) is 11.1. The van der Waals surface area contributed by atoms with Crippen molar-refractivity contribution in [1.29, 1.82) is 0 Å². The van der Waals surface area contributed by atoms with Crippen molar-refractivity contribution in [1.82, 2.24) is 0 Å². The van der Waals surface area contributed by atoms with Crippen LogP contribution in [0.15, 0.2) is 18.2 Å². The first-order chi connectivity index (χ1) is 7.63. The van der Waals surface area contributed by atoms with Crippen molar-refractivity contribution < 1.29 is 24.1 Å². The van der Waals surface area contributed by atoms with Crippen LogP contribution in [0.25, 0.3) is 0 Å². The summed E-state index contributed by atoms with van der Waals surface area (Å²) in [6, 6.07) is 4.36. The van der Waals surface area contributed by atoms with Gasteiger partial charge in [-0.3, -0.25) is 0 Å². The van der Waals surface area contributed by atoms with Crippen molar-refractivity contribution in [2.45, 2.75) is 18.9 Å². The molecular formula is C11H11FO4. The van der Waals surface area contributed by atoms with Crippen LogP contribution >= 0.6 is 0 Å². The van der Waals surface area contributed by atoms with Gasteiger partial charge in [0.25, 0.3) is 0 Å². The van der Waals surface area contributed by atoms with Crippen LogP contribution in [0.2, 0.25) is 0 Å². The van der Waals surface area contributed by atoms with E-state index in [-0.39, 0.29) is 12.2 Å². The molecule has 0 bridgehead atoms. The lowest BCUT2D eigenvalue weighted by Crippen LogP contribution is -2.19. The lowest BCUT2D eigenvalue weighted by molar-refractivity contribution is 0.0278. The Kier molecular flexibility index (Phi) is 2.89. The smallest absolute Gasteiger partial charge is 0.338 e. The van der Waals surface area contributed by atoms with Gasteiger partial charge < -0.3 is 14.9 Å². The number of benzene rings is 1. The predicted octanol–water partition coefficient (Wildman–Crippen LogP) is 0.721. The van der Waals surface area contributed by atoms with E-state index >= 15 is 0 Å². The lowest BCUT2D eigenvalue weighted by atomic mass is 10.0. The Balaban J connectivity index is 2.28. The number of hydrogen-bond acceptors (Lipinski definition) is 4. The van der Waals surface area contributed by atoms with Crippen LogP contribution in [-0.4, -0.2) is 28.9 Å². The number of aliphatic hydroxyl groups is 2. The standard InChI is InChI=1S/C11H11FO4/c12-10(9(14)4-13)6-1-2-8-7(3-6)5-16-11(8)15/h1-3,9-10,13-14H,4-5H2/t9-,10-/m0/s1. The Bertz CT molecular complexity index is 418. The first-order valence-corrected chi connectivity index (χ1v) is 4.86. The number of halogens is 1. The van der Waals surface area contributed by atoms with Crippen molar-refractivity contribution in [3.05, 3.63) is 34.9 Å². The minimum atomic E-state index is -1.66. The fourth-order valence-corrected chi connectivity index (χ4v) is 1.64. The van der Waals surface area contributed by atoms with Crippen LogP contribution in [0.3, 0.4) is 0 Å². The summed E-state index contributed by atoms with van der Waals surface area (Å²) in [6.45, 7) is -0.516. The predicted molar refractivity (Wildman–Crippen MR) is 52.5 cm³/mol. The fourth-order valence-electron chi connectivity index (χ4n) is 1.64. The van der Waals surface area contributed by atoms with Crippen LogP contribution in [0, 0.1) is 0 Å². The molecule has 0 aliphatic carbocycles. The third-order valence-electron chi connectivity index (χ3n) is 2.55. The summed E-state index contributed by atoms with van der Waals surface area (Å²) in [5.41, 5.74) is 1.27. The first kappa shape index (κ1) is 11.0. The van der Waals surface area contributed by atoms with Gasteiger partial charge in [-0.05, 0) is 17.7 Å². The second-order valence-electron chi connectivity index (χ2n) is 3.64. The minimum Gasteiger partial charge on any atom is -0.457 e. The second kappa shape index (κ2) is 4.19. The molecule has 16 heavy (non-hydrogen) atoms. The molecule has 0 amide bonds. The number of aliphatic hydroxyl groups excluding tert-OH is 2. The zero-order chi connectivity index (χ0) is 11.7. The van der Waals surface area contributed by atoms with Crippen molar-refractivity contribution in [3.63, 3.8) is 0 Å². The van der Waals surface area contributed by atoms with Crippen molar-refractivity contribution in [2.75, 3.05) is 6.61 Å². The highest BCUT2D eigenvalue weighted by Crippen LogP contribution is 2.27. The maximum Gasteiger partial charge on any atom is 0.338 e. The Morgan fingerprint density at radius 2 is 2.25 bits per heavy atom. The average molecular weight is 226 g/mol. The van der Waals surface area contributed by atoms with E-state index < -0.39 is 24.9 Å². The van der Waals surface area contributed by atoms with Gasteiger partial charge in [-0.15, -0.1) is 0 Å². The van der Waals surface area contributed by atoms with Crippen LogP contribution in [0.1, 0.15) is 27.7 Å². The molecule has 0 aromatic heterocycles. The average Bonchev–Trinajstić information content (AvgIpc) is 2.68. The SMILES string of the molecule is O=C1OCc2cc([C@H](F)[C@@H](O)CO)ccc21. The summed E-state index contributed by atoms with van der Waals surface area (Å²) in [7, 11) is 0. The summed E-state index contributed by atoms with van der Waals surface area (Å²) in [6.07, 6.45) is -3.11. The van der Waals surface area contributed by atoms with E-state index in [4.69, 9.17) is 14.9 Å². The molecule has 2 N–H and O–H groups in total. The molecule has 0 saturated carbocycles. The molecule has 0 spiro atoms. The molecule has 86 valence electrons. The summed E-state index contributed by atoms with van der Waals surface area (Å²) < 4.78 is 18.3. The van der Waals surface area contributed by atoms with Crippen LogP contribution < -0.4 is 0 Å². The largest absolute Gasteiger partial charge is 0.457 e. The molecule has 5 heteroatoms. The van der Waals surface area contributed by atoms with E-state index in [2.05, 4.69) is 0 Å². The maximum atomic E-state index is 13.6.